The molecule has 3 rings (SSSR count). The average molecular weight is 384 g/mol. The van der Waals surface area contributed by atoms with Gasteiger partial charge < -0.3 is 24.4 Å². The SMILES string of the molecule is C=CCC1OC(CO)C(O)C(OCc2ccccc2)C1OCc1ccccc1. The monoisotopic (exact) mass is 384 g/mol. The van der Waals surface area contributed by atoms with Crippen molar-refractivity contribution < 1.29 is 24.4 Å². The fourth-order valence-corrected chi connectivity index (χ4v) is 3.43. The molecule has 1 heterocycles. The van der Waals surface area contributed by atoms with Gasteiger partial charge in [-0.2, -0.15) is 0 Å². The average Bonchev–Trinajstić information content (AvgIpc) is 2.74. The molecule has 2 aromatic carbocycles. The van der Waals surface area contributed by atoms with Crippen LogP contribution >= 0.6 is 0 Å². The number of hydrogen-bond acceptors (Lipinski definition) is 5. The smallest absolute Gasteiger partial charge is 0.115 e. The summed E-state index contributed by atoms with van der Waals surface area (Å²) in [6.45, 7) is 4.23. The highest BCUT2D eigenvalue weighted by atomic mass is 16.6. The van der Waals surface area contributed by atoms with Crippen molar-refractivity contribution in [1.29, 1.82) is 0 Å². The van der Waals surface area contributed by atoms with Crippen molar-refractivity contribution in [2.45, 2.75) is 50.2 Å². The molecular weight excluding hydrogens is 356 g/mol. The molecule has 2 aromatic rings. The van der Waals surface area contributed by atoms with E-state index in [0.29, 0.717) is 19.6 Å². The number of ether oxygens (including phenoxy) is 3. The lowest BCUT2D eigenvalue weighted by Crippen LogP contribution is -2.60. The van der Waals surface area contributed by atoms with Crippen molar-refractivity contribution >= 4 is 0 Å². The minimum absolute atomic E-state index is 0.286. The van der Waals surface area contributed by atoms with Gasteiger partial charge in [0.15, 0.2) is 0 Å². The standard InChI is InChI=1S/C23H28O5/c1-2-9-19-22(26-15-17-10-5-3-6-11-17)23(21(25)20(14-24)28-19)27-16-18-12-7-4-8-13-18/h2-8,10-13,19-25H,1,9,14-16H2. The molecular formula is C23H28O5. The molecule has 5 nitrogen and oxygen atoms in total. The van der Waals surface area contributed by atoms with Gasteiger partial charge >= 0.3 is 0 Å². The third-order valence-corrected chi connectivity index (χ3v) is 4.91. The normalized spacial score (nSPS) is 27.4. The molecule has 0 radical (unpaired) electrons. The molecule has 5 unspecified atom stereocenters. The minimum atomic E-state index is -0.990. The zero-order chi connectivity index (χ0) is 19.8. The van der Waals surface area contributed by atoms with Crippen LogP contribution in [0.4, 0.5) is 0 Å². The number of hydrogen-bond donors (Lipinski definition) is 2. The third kappa shape index (κ3) is 5.28. The molecule has 0 aliphatic carbocycles. The second kappa shape index (κ2) is 10.5. The summed E-state index contributed by atoms with van der Waals surface area (Å²) < 4.78 is 18.1. The molecule has 28 heavy (non-hydrogen) atoms. The summed E-state index contributed by atoms with van der Waals surface area (Å²) >= 11 is 0. The summed E-state index contributed by atoms with van der Waals surface area (Å²) in [7, 11) is 0. The molecule has 5 atom stereocenters. The summed E-state index contributed by atoms with van der Waals surface area (Å²) in [5.74, 6) is 0. The Kier molecular flexibility index (Phi) is 7.77. The maximum absolute atomic E-state index is 10.7. The van der Waals surface area contributed by atoms with Gasteiger partial charge in [0, 0.05) is 0 Å². The lowest BCUT2D eigenvalue weighted by molar-refractivity contribution is -0.256. The zero-order valence-electron chi connectivity index (χ0n) is 15.9. The first-order valence-corrected chi connectivity index (χ1v) is 9.59. The summed E-state index contributed by atoms with van der Waals surface area (Å²) in [4.78, 5) is 0. The second-order valence-electron chi connectivity index (χ2n) is 6.93. The predicted octanol–water partition coefficient (Wildman–Crippen LogP) is 2.85. The van der Waals surface area contributed by atoms with Crippen molar-refractivity contribution in [1.82, 2.24) is 0 Å². The largest absolute Gasteiger partial charge is 0.394 e. The van der Waals surface area contributed by atoms with Crippen LogP contribution in [0.5, 0.6) is 0 Å². The molecule has 2 N–H and O–H groups in total. The lowest BCUT2D eigenvalue weighted by atomic mass is 9.93. The Balaban J connectivity index is 1.76. The Labute approximate surface area is 166 Å². The van der Waals surface area contributed by atoms with Crippen LogP contribution in [0.15, 0.2) is 73.3 Å². The van der Waals surface area contributed by atoms with Crippen molar-refractivity contribution in [2.75, 3.05) is 6.61 Å². The van der Waals surface area contributed by atoms with E-state index in [1.165, 1.54) is 0 Å². The number of aliphatic hydroxyl groups excluding tert-OH is 2. The maximum Gasteiger partial charge on any atom is 0.115 e. The third-order valence-electron chi connectivity index (χ3n) is 4.91. The first kappa shape index (κ1) is 20.7. The Morgan fingerprint density at radius 1 is 0.857 bits per heavy atom. The molecule has 1 fully saturated rings. The Hall–Kier alpha value is -2.02. The Morgan fingerprint density at radius 2 is 1.39 bits per heavy atom. The van der Waals surface area contributed by atoms with E-state index in [4.69, 9.17) is 14.2 Å². The van der Waals surface area contributed by atoms with E-state index in [2.05, 4.69) is 6.58 Å². The Bertz CT molecular complexity index is 705. The number of benzene rings is 2. The van der Waals surface area contributed by atoms with Gasteiger partial charge in [0.25, 0.3) is 0 Å². The second-order valence-corrected chi connectivity index (χ2v) is 6.93. The highest BCUT2D eigenvalue weighted by Gasteiger charge is 2.46. The molecule has 150 valence electrons. The minimum Gasteiger partial charge on any atom is -0.394 e. The van der Waals surface area contributed by atoms with Gasteiger partial charge in [-0.1, -0.05) is 66.7 Å². The van der Waals surface area contributed by atoms with Crippen LogP contribution < -0.4 is 0 Å². The maximum atomic E-state index is 10.7. The van der Waals surface area contributed by atoms with E-state index in [1.807, 2.05) is 60.7 Å². The number of rotatable bonds is 9. The van der Waals surface area contributed by atoms with Gasteiger partial charge in [-0.15, -0.1) is 6.58 Å². The van der Waals surface area contributed by atoms with Crippen LogP contribution in [0.25, 0.3) is 0 Å². The van der Waals surface area contributed by atoms with E-state index < -0.39 is 24.4 Å². The van der Waals surface area contributed by atoms with Crippen molar-refractivity contribution in [2.24, 2.45) is 0 Å². The fourth-order valence-electron chi connectivity index (χ4n) is 3.43. The van der Waals surface area contributed by atoms with Crippen molar-refractivity contribution in [3.05, 3.63) is 84.4 Å². The van der Waals surface area contributed by atoms with E-state index >= 15 is 0 Å². The highest BCUT2D eigenvalue weighted by molar-refractivity contribution is 5.14. The summed E-state index contributed by atoms with van der Waals surface area (Å²) in [6, 6.07) is 19.6. The molecule has 5 heteroatoms. The fraction of sp³-hybridized carbons (Fsp3) is 0.391. The van der Waals surface area contributed by atoms with Gasteiger partial charge in [-0.3, -0.25) is 0 Å². The van der Waals surface area contributed by atoms with Crippen LogP contribution in [-0.2, 0) is 27.4 Å². The van der Waals surface area contributed by atoms with Crippen LogP contribution in [0.2, 0.25) is 0 Å². The highest BCUT2D eigenvalue weighted by Crippen LogP contribution is 2.29. The van der Waals surface area contributed by atoms with E-state index in [1.54, 1.807) is 6.08 Å². The van der Waals surface area contributed by atoms with Crippen LogP contribution in [-0.4, -0.2) is 47.3 Å². The van der Waals surface area contributed by atoms with E-state index in [-0.39, 0.29) is 12.7 Å². The first-order chi connectivity index (χ1) is 13.7. The van der Waals surface area contributed by atoms with Gasteiger partial charge in [0.2, 0.25) is 0 Å². The van der Waals surface area contributed by atoms with Crippen LogP contribution in [0, 0.1) is 0 Å². The molecule has 1 saturated heterocycles. The summed E-state index contributed by atoms with van der Waals surface area (Å²) in [5, 5.41) is 20.4. The molecule has 1 aliphatic rings. The topological polar surface area (TPSA) is 68.2 Å². The molecule has 0 saturated carbocycles. The lowest BCUT2D eigenvalue weighted by Gasteiger charge is -2.44. The van der Waals surface area contributed by atoms with Crippen molar-refractivity contribution in [3.63, 3.8) is 0 Å². The molecule has 0 amide bonds. The summed E-state index contributed by atoms with van der Waals surface area (Å²) in [5.41, 5.74) is 2.03. The Morgan fingerprint density at radius 3 is 1.89 bits per heavy atom. The van der Waals surface area contributed by atoms with Gasteiger partial charge in [0.05, 0.1) is 25.9 Å². The molecule has 0 spiro atoms. The van der Waals surface area contributed by atoms with E-state index in [0.717, 1.165) is 11.1 Å². The quantitative estimate of drug-likeness (QED) is 0.651. The first-order valence-electron chi connectivity index (χ1n) is 9.59. The van der Waals surface area contributed by atoms with Gasteiger partial charge in [0.1, 0.15) is 24.4 Å². The van der Waals surface area contributed by atoms with Crippen LogP contribution in [0.3, 0.4) is 0 Å². The van der Waals surface area contributed by atoms with E-state index in [9.17, 15) is 10.2 Å². The number of aliphatic hydroxyl groups is 2. The molecule has 0 aromatic heterocycles. The van der Waals surface area contributed by atoms with Gasteiger partial charge in [-0.05, 0) is 17.5 Å². The molecule has 0 bridgehead atoms. The zero-order valence-corrected chi connectivity index (χ0v) is 15.9. The molecule has 1 aliphatic heterocycles. The van der Waals surface area contributed by atoms with Crippen LogP contribution in [0.1, 0.15) is 17.5 Å². The predicted molar refractivity (Wildman–Crippen MR) is 107 cm³/mol. The van der Waals surface area contributed by atoms with Crippen molar-refractivity contribution in [3.8, 4) is 0 Å². The summed E-state index contributed by atoms with van der Waals surface area (Å²) in [6.07, 6.45) is -0.891. The van der Waals surface area contributed by atoms with Gasteiger partial charge in [-0.25, -0.2) is 0 Å².